The van der Waals surface area contributed by atoms with Crippen LogP contribution in [-0.4, -0.2) is 37.5 Å². The van der Waals surface area contributed by atoms with Crippen molar-refractivity contribution in [2.75, 3.05) is 26.4 Å². The Labute approximate surface area is 91.6 Å². The molecule has 0 saturated heterocycles. The maximum Gasteiger partial charge on any atom is 0.303 e. The van der Waals surface area contributed by atoms with Gasteiger partial charge in [0, 0.05) is 19.6 Å². The summed E-state index contributed by atoms with van der Waals surface area (Å²) < 4.78 is 10.6. The first-order valence-electron chi connectivity index (χ1n) is 5.64. The van der Waals surface area contributed by atoms with Crippen molar-refractivity contribution < 1.29 is 19.4 Å². The van der Waals surface area contributed by atoms with Crippen molar-refractivity contribution >= 4 is 5.97 Å². The van der Waals surface area contributed by atoms with E-state index in [1.54, 1.807) is 0 Å². The van der Waals surface area contributed by atoms with E-state index in [0.717, 1.165) is 32.3 Å². The molecule has 0 aromatic heterocycles. The predicted octanol–water partition coefficient (Wildman–Crippen LogP) is 2.07. The lowest BCUT2D eigenvalue weighted by molar-refractivity contribution is -0.137. The van der Waals surface area contributed by atoms with E-state index in [1.165, 1.54) is 0 Å². The fourth-order valence-corrected chi connectivity index (χ4v) is 1.12. The normalized spacial score (nSPS) is 10.5. The zero-order chi connectivity index (χ0) is 11.4. The van der Waals surface area contributed by atoms with Crippen LogP contribution in [0, 0.1) is 0 Å². The number of unbranched alkanes of at least 4 members (excludes halogenated alkanes) is 2. The number of carboxylic acid groups (broad SMARTS) is 1. The van der Waals surface area contributed by atoms with E-state index >= 15 is 0 Å². The van der Waals surface area contributed by atoms with E-state index in [2.05, 4.69) is 6.92 Å². The van der Waals surface area contributed by atoms with Crippen LogP contribution in [0.3, 0.4) is 0 Å². The number of rotatable bonds is 11. The first-order valence-corrected chi connectivity index (χ1v) is 5.64. The Morgan fingerprint density at radius 2 is 1.67 bits per heavy atom. The monoisotopic (exact) mass is 218 g/mol. The molecular weight excluding hydrogens is 196 g/mol. The minimum Gasteiger partial charge on any atom is -0.481 e. The van der Waals surface area contributed by atoms with Crippen molar-refractivity contribution in [2.24, 2.45) is 0 Å². The van der Waals surface area contributed by atoms with Crippen LogP contribution >= 0.6 is 0 Å². The summed E-state index contributed by atoms with van der Waals surface area (Å²) in [5.74, 6) is -0.719. The molecule has 0 rings (SSSR count). The number of aliphatic carboxylic acids is 1. The molecule has 4 heteroatoms. The van der Waals surface area contributed by atoms with Crippen LogP contribution in [0.2, 0.25) is 0 Å². The molecule has 0 aliphatic heterocycles. The minimum atomic E-state index is -0.719. The van der Waals surface area contributed by atoms with Crippen molar-refractivity contribution in [3.05, 3.63) is 0 Å². The second kappa shape index (κ2) is 11.5. The predicted molar refractivity (Wildman–Crippen MR) is 58.0 cm³/mol. The SMILES string of the molecule is CCCOCCOCCCCCC(=O)O. The summed E-state index contributed by atoms with van der Waals surface area (Å²) in [6.45, 7) is 4.86. The van der Waals surface area contributed by atoms with Crippen molar-refractivity contribution in [2.45, 2.75) is 39.0 Å². The zero-order valence-electron chi connectivity index (χ0n) is 9.54. The van der Waals surface area contributed by atoms with Gasteiger partial charge in [0.15, 0.2) is 0 Å². The van der Waals surface area contributed by atoms with Crippen LogP contribution in [0.1, 0.15) is 39.0 Å². The molecule has 15 heavy (non-hydrogen) atoms. The number of hydrogen-bond donors (Lipinski definition) is 1. The van der Waals surface area contributed by atoms with E-state index in [4.69, 9.17) is 14.6 Å². The molecule has 0 unspecified atom stereocenters. The molecule has 0 spiro atoms. The quantitative estimate of drug-likeness (QED) is 0.539. The fraction of sp³-hybridized carbons (Fsp3) is 0.909. The first kappa shape index (κ1) is 14.4. The van der Waals surface area contributed by atoms with Gasteiger partial charge in [0.05, 0.1) is 13.2 Å². The second-order valence-electron chi connectivity index (χ2n) is 3.43. The van der Waals surface area contributed by atoms with Gasteiger partial charge in [-0.25, -0.2) is 0 Å². The number of ether oxygens (including phenoxy) is 2. The highest BCUT2D eigenvalue weighted by atomic mass is 16.5. The summed E-state index contributed by atoms with van der Waals surface area (Å²) in [7, 11) is 0. The van der Waals surface area contributed by atoms with Gasteiger partial charge in [0.25, 0.3) is 0 Å². The van der Waals surface area contributed by atoms with Crippen LogP contribution in [0.25, 0.3) is 0 Å². The smallest absolute Gasteiger partial charge is 0.303 e. The number of hydrogen-bond acceptors (Lipinski definition) is 3. The molecule has 0 fully saturated rings. The Kier molecular flexibility index (Phi) is 11.0. The molecular formula is C11H22O4. The van der Waals surface area contributed by atoms with Gasteiger partial charge in [0.2, 0.25) is 0 Å². The van der Waals surface area contributed by atoms with Gasteiger partial charge >= 0.3 is 5.97 Å². The molecule has 1 N–H and O–H groups in total. The number of carbonyl (C=O) groups is 1. The molecule has 0 amide bonds. The molecule has 90 valence electrons. The standard InChI is InChI=1S/C11H22O4/c1-2-7-14-9-10-15-8-5-3-4-6-11(12)13/h2-10H2,1H3,(H,12,13). The molecule has 0 aromatic carbocycles. The van der Waals surface area contributed by atoms with Crippen LogP contribution in [0.4, 0.5) is 0 Å². The summed E-state index contributed by atoms with van der Waals surface area (Å²) in [4.78, 5) is 10.2. The topological polar surface area (TPSA) is 55.8 Å². The Bertz CT molecular complexity index is 148. The van der Waals surface area contributed by atoms with E-state index in [-0.39, 0.29) is 6.42 Å². The Morgan fingerprint density at radius 1 is 1.00 bits per heavy atom. The lowest BCUT2D eigenvalue weighted by atomic mass is 10.2. The summed E-state index contributed by atoms with van der Waals surface area (Å²) >= 11 is 0. The van der Waals surface area contributed by atoms with E-state index in [0.29, 0.717) is 19.8 Å². The highest BCUT2D eigenvalue weighted by Gasteiger charge is 1.96. The van der Waals surface area contributed by atoms with Crippen molar-refractivity contribution in [1.82, 2.24) is 0 Å². The maximum absolute atomic E-state index is 10.2. The lowest BCUT2D eigenvalue weighted by Crippen LogP contribution is -2.05. The third-order valence-electron chi connectivity index (χ3n) is 1.90. The van der Waals surface area contributed by atoms with Crippen molar-refractivity contribution in [3.8, 4) is 0 Å². The van der Waals surface area contributed by atoms with Crippen molar-refractivity contribution in [1.29, 1.82) is 0 Å². The van der Waals surface area contributed by atoms with E-state index < -0.39 is 5.97 Å². The third-order valence-corrected chi connectivity index (χ3v) is 1.90. The molecule has 0 bridgehead atoms. The lowest BCUT2D eigenvalue weighted by Gasteiger charge is -2.04. The fourth-order valence-electron chi connectivity index (χ4n) is 1.12. The van der Waals surface area contributed by atoms with Crippen LogP contribution in [-0.2, 0) is 14.3 Å². The average molecular weight is 218 g/mol. The van der Waals surface area contributed by atoms with E-state index in [9.17, 15) is 4.79 Å². The third kappa shape index (κ3) is 13.4. The van der Waals surface area contributed by atoms with Gasteiger partial charge in [-0.05, 0) is 19.3 Å². The van der Waals surface area contributed by atoms with E-state index in [1.807, 2.05) is 0 Å². The van der Waals surface area contributed by atoms with Crippen LogP contribution in [0.5, 0.6) is 0 Å². The summed E-state index contributed by atoms with van der Waals surface area (Å²) in [6.07, 6.45) is 3.89. The summed E-state index contributed by atoms with van der Waals surface area (Å²) in [5.41, 5.74) is 0. The summed E-state index contributed by atoms with van der Waals surface area (Å²) in [5, 5.41) is 8.39. The number of carboxylic acids is 1. The van der Waals surface area contributed by atoms with Gasteiger partial charge in [-0.15, -0.1) is 0 Å². The zero-order valence-corrected chi connectivity index (χ0v) is 9.54. The van der Waals surface area contributed by atoms with Gasteiger partial charge in [-0.2, -0.15) is 0 Å². The Morgan fingerprint density at radius 3 is 2.27 bits per heavy atom. The first-order chi connectivity index (χ1) is 7.27. The molecule has 0 aliphatic rings. The van der Waals surface area contributed by atoms with Crippen LogP contribution < -0.4 is 0 Å². The highest BCUT2D eigenvalue weighted by molar-refractivity contribution is 5.66. The maximum atomic E-state index is 10.2. The molecule has 0 heterocycles. The largest absolute Gasteiger partial charge is 0.481 e. The molecule has 0 saturated carbocycles. The van der Waals surface area contributed by atoms with Gasteiger partial charge in [-0.1, -0.05) is 13.3 Å². The summed E-state index contributed by atoms with van der Waals surface area (Å²) in [6, 6.07) is 0. The minimum absolute atomic E-state index is 0.264. The molecule has 0 aliphatic carbocycles. The van der Waals surface area contributed by atoms with Crippen LogP contribution in [0.15, 0.2) is 0 Å². The highest BCUT2D eigenvalue weighted by Crippen LogP contribution is 1.99. The molecule has 0 radical (unpaired) electrons. The van der Waals surface area contributed by atoms with Gasteiger partial charge in [-0.3, -0.25) is 4.79 Å². The van der Waals surface area contributed by atoms with Gasteiger partial charge in [0.1, 0.15) is 0 Å². The average Bonchev–Trinajstić information content (AvgIpc) is 2.20. The van der Waals surface area contributed by atoms with Gasteiger partial charge < -0.3 is 14.6 Å². The molecule has 0 atom stereocenters. The molecule has 4 nitrogen and oxygen atoms in total. The Balaban J connectivity index is 2.89. The van der Waals surface area contributed by atoms with Crippen molar-refractivity contribution in [3.63, 3.8) is 0 Å². The Hall–Kier alpha value is -0.610. The second-order valence-corrected chi connectivity index (χ2v) is 3.43. The molecule has 0 aromatic rings.